The van der Waals surface area contributed by atoms with Crippen LogP contribution in [0, 0.1) is 48.3 Å². The zero-order valence-corrected chi connectivity index (χ0v) is 76.6. The molecule has 0 unspecified atom stereocenters. The Morgan fingerprint density at radius 1 is 0.512 bits per heavy atom. The number of aromatic nitrogens is 4. The van der Waals surface area contributed by atoms with Gasteiger partial charge in [-0.15, -0.1) is 0 Å². The van der Waals surface area contributed by atoms with Crippen LogP contribution in [-0.4, -0.2) is 184 Å². The number of pyridine rings is 2. The van der Waals surface area contributed by atoms with E-state index in [1.54, 1.807) is 61.1 Å². The van der Waals surface area contributed by atoms with Gasteiger partial charge in [-0.1, -0.05) is 100 Å². The van der Waals surface area contributed by atoms with Crippen molar-refractivity contribution in [2.75, 3.05) is 116 Å². The van der Waals surface area contributed by atoms with Crippen LogP contribution in [0.3, 0.4) is 0 Å². The fourth-order valence-electron chi connectivity index (χ4n) is 19.2. The van der Waals surface area contributed by atoms with Gasteiger partial charge in [-0.25, -0.2) is 36.2 Å². The molecule has 17 rings (SSSR count). The number of rotatable bonds is 26. The summed E-state index contributed by atoms with van der Waals surface area (Å²) in [5.41, 5.74) is 13.9. The number of H-pyrrole nitrogens is 2. The number of hydrogen-bond acceptors (Lipinski definition) is 20. The lowest BCUT2D eigenvalue weighted by Crippen LogP contribution is -2.47. The lowest BCUT2D eigenvalue weighted by Gasteiger charge is -2.39. The van der Waals surface area contributed by atoms with Gasteiger partial charge in [-0.3, -0.25) is 39.6 Å². The number of halogens is 2. The fraction of sp³-hybridized carbons (Fsp3) is 0.423. The van der Waals surface area contributed by atoms with Crippen molar-refractivity contribution < 1.29 is 45.7 Å². The number of allylic oxidation sites excluding steroid dienone is 2. The van der Waals surface area contributed by atoms with Gasteiger partial charge in [0.15, 0.2) is 0 Å². The molecule has 127 heavy (non-hydrogen) atoms. The van der Waals surface area contributed by atoms with E-state index in [0.29, 0.717) is 76.1 Å². The molecule has 7 heterocycles. The van der Waals surface area contributed by atoms with E-state index < -0.39 is 41.7 Å². The number of hydrogen-bond donors (Lipinski definition) is 4. The molecule has 3 fully saturated rings. The molecule has 2 atom stereocenters. The topological polar surface area (TPSA) is 308 Å². The molecule has 4 aromatic heterocycles. The minimum atomic E-state index is -4.54. The number of fused-ring (bicyclic) bond motifs is 4. The van der Waals surface area contributed by atoms with Gasteiger partial charge in [0, 0.05) is 145 Å². The van der Waals surface area contributed by atoms with Crippen LogP contribution in [0.2, 0.25) is 10.0 Å². The number of likely N-dealkylation sites (tertiary alicyclic amines) is 1. The van der Waals surface area contributed by atoms with Gasteiger partial charge >= 0.3 is 0 Å². The van der Waals surface area contributed by atoms with Crippen LogP contribution >= 0.6 is 23.2 Å². The van der Waals surface area contributed by atoms with E-state index in [1.165, 1.54) is 51.7 Å². The summed E-state index contributed by atoms with van der Waals surface area (Å²) in [6, 6.07) is 39.1. The van der Waals surface area contributed by atoms with Crippen molar-refractivity contribution in [2.45, 2.75) is 141 Å². The molecule has 30 heteroatoms. The number of piperazine rings is 2. The molecule has 4 N–H and O–H groups in total. The highest BCUT2D eigenvalue weighted by Crippen LogP contribution is 2.48. The van der Waals surface area contributed by atoms with Crippen LogP contribution in [0.25, 0.3) is 33.2 Å². The summed E-state index contributed by atoms with van der Waals surface area (Å²) < 4.78 is 73.0. The normalized spacial score (nSPS) is 19.1. The van der Waals surface area contributed by atoms with Gasteiger partial charge in [0.1, 0.15) is 34.3 Å². The lowest BCUT2D eigenvalue weighted by atomic mass is 9.72. The van der Waals surface area contributed by atoms with Crippen LogP contribution in [0.5, 0.6) is 23.0 Å². The average molecular weight is 1800 g/mol. The zero-order valence-electron chi connectivity index (χ0n) is 73.4. The number of nitro groups is 2. The highest BCUT2D eigenvalue weighted by atomic mass is 35.5. The first-order valence-corrected chi connectivity index (χ1v) is 47.8. The number of anilines is 2. The van der Waals surface area contributed by atoms with Crippen LogP contribution in [-0.2, 0) is 45.7 Å². The van der Waals surface area contributed by atoms with E-state index in [-0.39, 0.29) is 66.5 Å². The van der Waals surface area contributed by atoms with Gasteiger partial charge in [-0.05, 0) is 277 Å². The third kappa shape index (κ3) is 21.4. The van der Waals surface area contributed by atoms with Crippen molar-refractivity contribution in [3.8, 4) is 23.0 Å². The molecule has 26 nitrogen and oxygen atoms in total. The van der Waals surface area contributed by atoms with Crippen LogP contribution in [0.15, 0.2) is 179 Å². The second kappa shape index (κ2) is 37.3. The van der Waals surface area contributed by atoms with Gasteiger partial charge in [0.25, 0.3) is 43.2 Å². The zero-order chi connectivity index (χ0) is 89.4. The Hall–Kier alpha value is -10.6. The number of ether oxygens (including phenoxy) is 2. The molecule has 3 saturated heterocycles. The molecule has 3 aliphatic heterocycles. The summed E-state index contributed by atoms with van der Waals surface area (Å²) >= 11 is 12.5. The number of aromatic amines is 2. The molecule has 668 valence electrons. The van der Waals surface area contributed by atoms with Gasteiger partial charge < -0.3 is 39.0 Å². The van der Waals surface area contributed by atoms with Gasteiger partial charge in [0.05, 0.1) is 43.2 Å². The van der Waals surface area contributed by atoms with Crippen molar-refractivity contribution in [3.05, 3.63) is 244 Å². The largest absolute Gasteiger partial charge is 0.455 e. The number of carbonyl (C=O) groups excluding carboxylic acids is 2. The molecule has 0 saturated carbocycles. The first-order valence-electron chi connectivity index (χ1n) is 44.1. The van der Waals surface area contributed by atoms with Gasteiger partial charge in [-0.2, -0.15) is 0 Å². The van der Waals surface area contributed by atoms with E-state index in [1.807, 2.05) is 56.6 Å². The maximum Gasteiger partial charge on any atom is 0.274 e. The molecular formula is C97H112Cl2N14O12S2. The van der Waals surface area contributed by atoms with Crippen LogP contribution in [0.1, 0.15) is 160 Å². The lowest BCUT2D eigenvalue weighted by molar-refractivity contribution is -0.385. The first kappa shape index (κ1) is 89.8. The number of nitro benzene ring substituents is 2. The van der Waals surface area contributed by atoms with Gasteiger partial charge in [0.2, 0.25) is 0 Å². The third-order valence-electron chi connectivity index (χ3n) is 26.8. The Balaban J connectivity index is 0.000000187. The summed E-state index contributed by atoms with van der Waals surface area (Å²) in [6.45, 7) is 25.8. The average Bonchev–Trinajstić information content (AvgIpc) is 1.70. The Morgan fingerprint density at radius 2 is 0.929 bits per heavy atom. The van der Waals surface area contributed by atoms with Crippen molar-refractivity contribution >= 4 is 111 Å². The Kier molecular flexibility index (Phi) is 26.3. The van der Waals surface area contributed by atoms with E-state index in [9.17, 15) is 46.7 Å². The predicted molar refractivity (Wildman–Crippen MR) is 499 cm³/mol. The summed E-state index contributed by atoms with van der Waals surface area (Å²) in [7, 11) is -5.13. The molecule has 7 aliphatic rings. The van der Waals surface area contributed by atoms with Crippen molar-refractivity contribution in [1.29, 1.82) is 0 Å². The molecule has 2 amide bonds. The summed E-state index contributed by atoms with van der Waals surface area (Å²) in [5, 5.41) is 27.6. The number of piperidine rings is 1. The maximum atomic E-state index is 14.1. The Morgan fingerprint density at radius 3 is 1.34 bits per heavy atom. The summed E-state index contributed by atoms with van der Waals surface area (Å²) in [5.74, 6) is -0.481. The second-order valence-electron chi connectivity index (χ2n) is 38.1. The molecular weight excluding hydrogens is 1690 g/mol. The molecule has 6 aromatic carbocycles. The van der Waals surface area contributed by atoms with Crippen molar-refractivity contribution in [3.63, 3.8) is 0 Å². The van der Waals surface area contributed by atoms with Crippen molar-refractivity contribution in [1.82, 2.24) is 49.0 Å². The van der Waals surface area contributed by atoms with Crippen LogP contribution in [0.4, 0.5) is 22.7 Å². The van der Waals surface area contributed by atoms with E-state index in [2.05, 4.69) is 125 Å². The molecule has 10 aromatic rings. The standard InChI is InChI=1S/C51H60ClN7O6S.C46H52ClN7O6S/c1-50(2)15-19-56(20-16-50)18-13-34-25-38-28-42(30-46(59(61)62)44(38)26-34)66(63,64)55-49(60)43-10-9-40(29-47(43)65-41-27-36-12-17-53-48(36)54-32-41)58-23-21-57(22-24-58)33-37-11-14-51(3,4)31-45(37)35-5-7-39(52)8-6-35;1-46(2)14-11-33(41(27-46)31-5-7-35(47)8-6-31)29-52-17-19-53(20-18-52)36-9-10-39(43(25-36)60-37-23-32-12-15-48-44(32)49-28-37)45(55)50-61(58,59)38-24-34-21-30(13-16-51(3)4)22-40(34)42(26-38)54(56)57/h5-10,12,17,27-30,32,34H,11,13-16,18-26,31,33H2,1-4H3,(H,53,54)(H,55,60);5-10,12,15,23-26,28,30H,11,13-14,16-22,27,29H2,1-4H3,(H,48,49)(H,50,55)/t34-;30-/m11/s1. The monoisotopic (exact) mass is 1800 g/mol. The minimum absolute atomic E-state index is 0.00570. The molecule has 0 spiro atoms. The predicted octanol–water partition coefficient (Wildman–Crippen LogP) is 18.5. The highest BCUT2D eigenvalue weighted by Gasteiger charge is 2.39. The molecule has 4 aliphatic carbocycles. The Bertz CT molecular complexity index is 6140. The number of benzene rings is 6. The quantitative estimate of drug-likeness (QED) is 0.0289. The third-order valence-corrected chi connectivity index (χ3v) is 29.9. The SMILES string of the molecule is CC1(C)CCN(CC[C@@H]2Cc3cc(S(=O)(=O)NC(=O)c4ccc(N5CCN(CC6=C(c7ccc(Cl)cc7)CC(C)(C)CC6)CC5)cc4Oc4cnc5[nH]ccc5c4)cc([N+](=O)[O-])c3C2)CC1.CN(C)CC[C@@H]1Cc2cc(S(=O)(=O)NC(=O)c3ccc(N4CCN(CC5=C(c6ccc(Cl)cc6)CC(C)(C)CC5)CC4)cc3Oc3cnc4[nH]ccc4c3)cc([N+](=O)[O-])c2C1. The molecule has 0 bridgehead atoms. The van der Waals surface area contributed by atoms with E-state index in [0.717, 1.165) is 200 Å². The molecule has 0 radical (unpaired) electrons. The van der Waals surface area contributed by atoms with Crippen molar-refractivity contribution in [2.24, 2.45) is 28.1 Å². The van der Waals surface area contributed by atoms with Crippen LogP contribution < -0.4 is 28.7 Å². The van der Waals surface area contributed by atoms with E-state index >= 15 is 0 Å². The smallest absolute Gasteiger partial charge is 0.274 e. The second-order valence-corrected chi connectivity index (χ2v) is 42.3. The van der Waals surface area contributed by atoms with E-state index in [4.69, 9.17) is 32.7 Å². The number of sulfonamides is 2. The summed E-state index contributed by atoms with van der Waals surface area (Å²) in [4.78, 5) is 80.0. The number of nitrogens with zero attached hydrogens (tertiary/aromatic N) is 10. The summed E-state index contributed by atoms with van der Waals surface area (Å²) in [6.07, 6.45) is 19.1. The maximum absolute atomic E-state index is 14.1. The Labute approximate surface area is 752 Å². The fourth-order valence-corrected chi connectivity index (χ4v) is 21.5. The number of amides is 2. The number of nitrogens with one attached hydrogen (secondary N) is 4. The number of carbonyl (C=O) groups is 2. The first-order chi connectivity index (χ1) is 60.6. The minimum Gasteiger partial charge on any atom is -0.455 e. The highest BCUT2D eigenvalue weighted by molar-refractivity contribution is 7.90.